The van der Waals surface area contributed by atoms with Gasteiger partial charge in [0.1, 0.15) is 0 Å². The molecule has 1 aromatic rings. The van der Waals surface area contributed by atoms with E-state index in [4.69, 9.17) is 33.1 Å². The van der Waals surface area contributed by atoms with Crippen LogP contribution in [0.3, 0.4) is 0 Å². The van der Waals surface area contributed by atoms with Crippen molar-refractivity contribution < 1.29 is 14.7 Å². The monoisotopic (exact) mass is 289 g/mol. The maximum atomic E-state index is 10.9. The summed E-state index contributed by atoms with van der Waals surface area (Å²) in [6, 6.07) is 4.90. The predicted octanol–water partition coefficient (Wildman–Crippen LogP) is 3.45. The number of carbonyl (C=O) groups is 1. The van der Waals surface area contributed by atoms with Crippen LogP contribution >= 0.6 is 23.2 Å². The van der Waals surface area contributed by atoms with E-state index in [1.165, 1.54) is 6.21 Å². The Morgan fingerprint density at radius 1 is 1.44 bits per heavy atom. The molecule has 0 spiro atoms. The van der Waals surface area contributed by atoms with Gasteiger partial charge in [-0.1, -0.05) is 48.3 Å². The highest BCUT2D eigenvalue weighted by Crippen LogP contribution is 2.19. The molecule has 1 rings (SSSR count). The van der Waals surface area contributed by atoms with Crippen molar-refractivity contribution >= 4 is 35.4 Å². The summed E-state index contributed by atoms with van der Waals surface area (Å²) in [5.74, 6) is -1.23. The fourth-order valence-electron chi connectivity index (χ4n) is 1.21. The molecule has 0 saturated carbocycles. The maximum Gasteiger partial charge on any atom is 0.348 e. The number of benzene rings is 1. The van der Waals surface area contributed by atoms with Gasteiger partial charge in [-0.25, -0.2) is 4.79 Å². The molecule has 18 heavy (non-hydrogen) atoms. The van der Waals surface area contributed by atoms with E-state index < -0.39 is 12.1 Å². The average molecular weight is 290 g/mol. The summed E-state index contributed by atoms with van der Waals surface area (Å²) < 4.78 is 0. The molecule has 0 heterocycles. The number of nitrogens with zero attached hydrogens (tertiary/aromatic N) is 1. The van der Waals surface area contributed by atoms with Crippen LogP contribution in [0, 0.1) is 5.92 Å². The first-order chi connectivity index (χ1) is 8.41. The number of halogens is 2. The quantitative estimate of drug-likeness (QED) is 0.667. The zero-order valence-electron chi connectivity index (χ0n) is 9.93. The summed E-state index contributed by atoms with van der Waals surface area (Å²) >= 11 is 11.7. The van der Waals surface area contributed by atoms with Crippen molar-refractivity contribution in [3.05, 3.63) is 33.8 Å². The maximum absolute atomic E-state index is 10.9. The number of oxime groups is 1. The van der Waals surface area contributed by atoms with E-state index in [9.17, 15) is 4.79 Å². The lowest BCUT2D eigenvalue weighted by Gasteiger charge is -2.13. The molecule has 0 aliphatic heterocycles. The SMILES string of the molecule is CC(C)C(ON=Cc1ccc(Cl)cc1Cl)C(=O)O. The standard InChI is InChI=1S/C12H13Cl2NO3/c1-7(2)11(12(16)17)18-15-6-8-3-4-9(13)5-10(8)14/h3-7,11H,1-2H3,(H,16,17). The normalized spacial score (nSPS) is 12.9. The highest BCUT2D eigenvalue weighted by atomic mass is 35.5. The first-order valence-electron chi connectivity index (χ1n) is 5.29. The van der Waals surface area contributed by atoms with Crippen LogP contribution in [0.5, 0.6) is 0 Å². The number of carboxylic acid groups (broad SMARTS) is 1. The third kappa shape index (κ3) is 4.20. The van der Waals surface area contributed by atoms with Crippen molar-refractivity contribution in [1.82, 2.24) is 0 Å². The molecule has 1 aromatic carbocycles. The van der Waals surface area contributed by atoms with Crippen LogP contribution in [0.1, 0.15) is 19.4 Å². The molecule has 0 bridgehead atoms. The lowest BCUT2D eigenvalue weighted by molar-refractivity contribution is -0.153. The summed E-state index contributed by atoms with van der Waals surface area (Å²) in [7, 11) is 0. The molecule has 4 nitrogen and oxygen atoms in total. The van der Waals surface area contributed by atoms with Gasteiger partial charge in [-0.3, -0.25) is 0 Å². The van der Waals surface area contributed by atoms with Crippen LogP contribution < -0.4 is 0 Å². The van der Waals surface area contributed by atoms with Gasteiger partial charge in [0.2, 0.25) is 6.10 Å². The number of hydrogen-bond acceptors (Lipinski definition) is 3. The summed E-state index contributed by atoms with van der Waals surface area (Å²) in [4.78, 5) is 15.8. The summed E-state index contributed by atoms with van der Waals surface area (Å²) in [5.41, 5.74) is 0.606. The van der Waals surface area contributed by atoms with Gasteiger partial charge < -0.3 is 9.94 Å². The van der Waals surface area contributed by atoms with Crippen LogP contribution in [0.4, 0.5) is 0 Å². The van der Waals surface area contributed by atoms with Crippen molar-refractivity contribution in [2.75, 3.05) is 0 Å². The lowest BCUT2D eigenvalue weighted by Crippen LogP contribution is -2.27. The van der Waals surface area contributed by atoms with Crippen molar-refractivity contribution in [2.24, 2.45) is 11.1 Å². The average Bonchev–Trinajstić information content (AvgIpc) is 2.25. The third-order valence-corrected chi connectivity index (χ3v) is 2.74. The van der Waals surface area contributed by atoms with Gasteiger partial charge in [0.05, 0.1) is 11.2 Å². The molecular formula is C12H13Cl2NO3. The third-order valence-electron chi connectivity index (χ3n) is 2.18. The highest BCUT2D eigenvalue weighted by Gasteiger charge is 2.23. The number of rotatable bonds is 5. The molecule has 0 amide bonds. The smallest absolute Gasteiger partial charge is 0.348 e. The molecule has 1 N–H and O–H groups in total. The molecular weight excluding hydrogens is 277 g/mol. The van der Waals surface area contributed by atoms with Crippen molar-refractivity contribution in [2.45, 2.75) is 20.0 Å². The molecule has 0 radical (unpaired) electrons. The second-order valence-electron chi connectivity index (χ2n) is 4.01. The minimum Gasteiger partial charge on any atom is -0.478 e. The molecule has 6 heteroatoms. The Labute approximate surface area is 115 Å². The van der Waals surface area contributed by atoms with Gasteiger partial charge in [-0.2, -0.15) is 0 Å². The summed E-state index contributed by atoms with van der Waals surface area (Å²) in [5, 5.41) is 13.5. The fraction of sp³-hybridized carbons (Fsp3) is 0.333. The summed E-state index contributed by atoms with van der Waals surface area (Å²) in [6.45, 7) is 3.48. The van der Waals surface area contributed by atoms with Gasteiger partial charge in [0, 0.05) is 16.5 Å². The van der Waals surface area contributed by atoms with Gasteiger partial charge in [0.15, 0.2) is 0 Å². The van der Waals surface area contributed by atoms with E-state index in [0.717, 1.165) is 0 Å². The zero-order chi connectivity index (χ0) is 13.7. The topological polar surface area (TPSA) is 58.9 Å². The summed E-state index contributed by atoms with van der Waals surface area (Å²) in [6.07, 6.45) is 0.379. The minimum atomic E-state index is -1.05. The predicted molar refractivity (Wildman–Crippen MR) is 71.4 cm³/mol. The van der Waals surface area contributed by atoms with E-state index in [0.29, 0.717) is 15.6 Å². The Hall–Kier alpha value is -1.26. The van der Waals surface area contributed by atoms with Gasteiger partial charge in [0.25, 0.3) is 0 Å². The first-order valence-corrected chi connectivity index (χ1v) is 6.04. The van der Waals surface area contributed by atoms with Crippen LogP contribution in [0.15, 0.2) is 23.4 Å². The second-order valence-corrected chi connectivity index (χ2v) is 4.85. The van der Waals surface area contributed by atoms with Gasteiger partial charge >= 0.3 is 5.97 Å². The van der Waals surface area contributed by atoms with Crippen LogP contribution in [-0.4, -0.2) is 23.4 Å². The Kier molecular flexibility index (Phi) is 5.44. The zero-order valence-corrected chi connectivity index (χ0v) is 11.4. The first kappa shape index (κ1) is 14.8. The molecule has 0 saturated heterocycles. The van der Waals surface area contributed by atoms with E-state index in [-0.39, 0.29) is 5.92 Å². The van der Waals surface area contributed by atoms with E-state index >= 15 is 0 Å². The van der Waals surface area contributed by atoms with Gasteiger partial charge in [-0.05, 0) is 12.1 Å². The Morgan fingerprint density at radius 2 is 2.11 bits per heavy atom. The minimum absolute atomic E-state index is 0.180. The van der Waals surface area contributed by atoms with E-state index in [1.807, 2.05) is 0 Å². The van der Waals surface area contributed by atoms with E-state index in [1.54, 1.807) is 32.0 Å². The largest absolute Gasteiger partial charge is 0.478 e. The number of carboxylic acids is 1. The number of hydrogen-bond donors (Lipinski definition) is 1. The van der Waals surface area contributed by atoms with Crippen molar-refractivity contribution in [3.8, 4) is 0 Å². The van der Waals surface area contributed by atoms with Crippen molar-refractivity contribution in [3.63, 3.8) is 0 Å². The molecule has 1 atom stereocenters. The molecule has 1 unspecified atom stereocenters. The Bertz CT molecular complexity index is 461. The Balaban J connectivity index is 2.72. The van der Waals surface area contributed by atoms with Crippen molar-refractivity contribution in [1.29, 1.82) is 0 Å². The van der Waals surface area contributed by atoms with E-state index in [2.05, 4.69) is 5.16 Å². The molecule has 0 aliphatic carbocycles. The molecule has 0 aliphatic rings. The van der Waals surface area contributed by atoms with Crippen LogP contribution in [0.2, 0.25) is 10.0 Å². The fourth-order valence-corrected chi connectivity index (χ4v) is 1.67. The van der Waals surface area contributed by atoms with Gasteiger partial charge in [-0.15, -0.1) is 0 Å². The molecule has 0 aromatic heterocycles. The number of aliphatic carboxylic acids is 1. The second kappa shape index (κ2) is 6.61. The van der Waals surface area contributed by atoms with Crippen LogP contribution in [0.25, 0.3) is 0 Å². The molecule has 98 valence electrons. The highest BCUT2D eigenvalue weighted by molar-refractivity contribution is 6.36. The molecule has 0 fully saturated rings. The lowest BCUT2D eigenvalue weighted by atomic mass is 10.1. The van der Waals surface area contributed by atoms with Crippen LogP contribution in [-0.2, 0) is 9.63 Å². The Morgan fingerprint density at radius 3 is 2.61 bits per heavy atom.